The van der Waals surface area contributed by atoms with E-state index in [-0.39, 0.29) is 5.56 Å². The number of rotatable bonds is 2. The lowest BCUT2D eigenvalue weighted by Crippen LogP contribution is -1.94. The summed E-state index contributed by atoms with van der Waals surface area (Å²) in [6, 6.07) is 17.8. The molecule has 0 aliphatic heterocycles. The summed E-state index contributed by atoms with van der Waals surface area (Å²) >= 11 is 12.1. The molecule has 5 nitrogen and oxygen atoms in total. The number of hydrogen-bond acceptors (Lipinski definition) is 3. The fourth-order valence-corrected chi connectivity index (χ4v) is 2.93. The lowest BCUT2D eigenvalue weighted by molar-refractivity contribution is 0.0697. The summed E-state index contributed by atoms with van der Waals surface area (Å²) in [5, 5.41) is 9.83. The van der Waals surface area contributed by atoms with Crippen molar-refractivity contribution >= 4 is 45.9 Å². The lowest BCUT2D eigenvalue weighted by Gasteiger charge is -2.01. The Morgan fingerprint density at radius 3 is 2.46 bits per heavy atom. The molecule has 0 bridgehead atoms. The number of halogens is 2. The summed E-state index contributed by atoms with van der Waals surface area (Å²) in [5.74, 6) is -0.432. The number of nitrogens with zero attached hydrogens (tertiary/aromatic N) is 1. The fourth-order valence-electron chi connectivity index (χ4n) is 2.54. The molecular formula is C21H17Cl2N3O2. The van der Waals surface area contributed by atoms with Crippen LogP contribution >= 0.6 is 23.2 Å². The summed E-state index contributed by atoms with van der Waals surface area (Å²) in [7, 11) is 0. The van der Waals surface area contributed by atoms with Crippen LogP contribution in [0.2, 0.25) is 10.0 Å². The van der Waals surface area contributed by atoms with Crippen molar-refractivity contribution in [2.24, 2.45) is 0 Å². The van der Waals surface area contributed by atoms with Crippen LogP contribution in [0.1, 0.15) is 15.9 Å². The molecule has 0 aliphatic carbocycles. The number of carbonyl (C=O) groups is 1. The Bertz CT molecular complexity index is 1130. The number of aryl methyl sites for hydroxylation is 1. The van der Waals surface area contributed by atoms with Crippen molar-refractivity contribution < 1.29 is 9.90 Å². The zero-order chi connectivity index (χ0) is 20.3. The Labute approximate surface area is 171 Å². The molecule has 0 atom stereocenters. The number of imidazole rings is 1. The number of nitrogen functional groups attached to an aromatic ring is 1. The predicted octanol–water partition coefficient (Wildman–Crippen LogP) is 5.81. The molecule has 28 heavy (non-hydrogen) atoms. The molecule has 142 valence electrons. The van der Waals surface area contributed by atoms with Crippen molar-refractivity contribution in [3.8, 4) is 11.4 Å². The summed E-state index contributed by atoms with van der Waals surface area (Å²) in [4.78, 5) is 18.4. The van der Waals surface area contributed by atoms with E-state index >= 15 is 0 Å². The first-order valence-electron chi connectivity index (χ1n) is 8.35. The number of aromatic nitrogens is 2. The molecule has 3 aromatic carbocycles. The predicted molar refractivity (Wildman–Crippen MR) is 114 cm³/mol. The summed E-state index contributed by atoms with van der Waals surface area (Å²) in [6.45, 7) is 2.00. The maximum absolute atomic E-state index is 10.9. The lowest BCUT2D eigenvalue weighted by atomic mass is 10.2. The topological polar surface area (TPSA) is 92.0 Å². The molecule has 0 aliphatic rings. The minimum absolute atomic E-state index is 0.199. The van der Waals surface area contributed by atoms with E-state index in [1.54, 1.807) is 24.3 Å². The Kier molecular flexibility index (Phi) is 5.87. The molecule has 0 spiro atoms. The van der Waals surface area contributed by atoms with E-state index in [2.05, 4.69) is 9.97 Å². The van der Waals surface area contributed by atoms with Gasteiger partial charge in [0.25, 0.3) is 0 Å². The number of carboxylic acid groups (broad SMARTS) is 1. The van der Waals surface area contributed by atoms with Gasteiger partial charge < -0.3 is 15.8 Å². The molecule has 4 rings (SSSR count). The van der Waals surface area contributed by atoms with Crippen LogP contribution in [0.3, 0.4) is 0 Å². The van der Waals surface area contributed by atoms with Gasteiger partial charge in [-0.25, -0.2) is 9.78 Å². The standard InChI is InChI=1S/C14H8Cl2N2O2.C7H9N/c15-9-3-1-2-8(12(9)16)13-17-10-5-4-7(14(19)20)6-11(10)18-13;1-6-4-2-3-5-7(6)8/h1-6H,(H,17,18)(H,19,20);2-5H,8H2,1H3. The Balaban J connectivity index is 0.000000236. The SMILES string of the molecule is Cc1ccccc1N.O=C(O)c1ccc2nc(-c3cccc(Cl)c3Cl)[nH]c2c1. The van der Waals surface area contributed by atoms with Crippen LogP contribution in [0.4, 0.5) is 5.69 Å². The van der Waals surface area contributed by atoms with Crippen LogP contribution in [0.15, 0.2) is 60.7 Å². The van der Waals surface area contributed by atoms with Gasteiger partial charge >= 0.3 is 5.97 Å². The van der Waals surface area contributed by atoms with Gasteiger partial charge in [0.2, 0.25) is 0 Å². The van der Waals surface area contributed by atoms with Crippen LogP contribution in [0.5, 0.6) is 0 Å². The second-order valence-corrected chi connectivity index (χ2v) is 6.87. The molecule has 7 heteroatoms. The minimum Gasteiger partial charge on any atom is -0.478 e. The fraction of sp³-hybridized carbons (Fsp3) is 0.0476. The molecule has 0 unspecified atom stereocenters. The van der Waals surface area contributed by atoms with E-state index < -0.39 is 5.97 Å². The van der Waals surface area contributed by atoms with Crippen molar-refractivity contribution in [1.82, 2.24) is 9.97 Å². The van der Waals surface area contributed by atoms with E-state index in [1.165, 1.54) is 12.1 Å². The number of nitrogens with one attached hydrogen (secondary N) is 1. The zero-order valence-corrected chi connectivity index (χ0v) is 16.4. The molecular weight excluding hydrogens is 397 g/mol. The highest BCUT2D eigenvalue weighted by Crippen LogP contribution is 2.32. The van der Waals surface area contributed by atoms with Gasteiger partial charge in [-0.2, -0.15) is 0 Å². The summed E-state index contributed by atoms with van der Waals surface area (Å²) < 4.78 is 0. The van der Waals surface area contributed by atoms with E-state index in [0.717, 1.165) is 11.3 Å². The van der Waals surface area contributed by atoms with Gasteiger partial charge in [0, 0.05) is 11.3 Å². The van der Waals surface area contributed by atoms with Crippen LogP contribution in [-0.4, -0.2) is 21.0 Å². The Morgan fingerprint density at radius 1 is 1.07 bits per heavy atom. The smallest absolute Gasteiger partial charge is 0.335 e. The number of H-pyrrole nitrogens is 1. The molecule has 0 amide bonds. The molecule has 0 saturated carbocycles. The first-order valence-corrected chi connectivity index (χ1v) is 9.11. The average Bonchev–Trinajstić information content (AvgIpc) is 3.10. The molecule has 1 heterocycles. The van der Waals surface area contributed by atoms with E-state index in [9.17, 15) is 4.79 Å². The average molecular weight is 414 g/mol. The number of hydrogen-bond donors (Lipinski definition) is 3. The highest BCUT2D eigenvalue weighted by Gasteiger charge is 2.12. The van der Waals surface area contributed by atoms with Gasteiger partial charge in [0.15, 0.2) is 0 Å². The number of aromatic amines is 1. The first kappa shape index (κ1) is 19.7. The normalized spacial score (nSPS) is 10.4. The van der Waals surface area contributed by atoms with Crippen molar-refractivity contribution in [3.05, 3.63) is 81.8 Å². The Hall–Kier alpha value is -3.02. The third kappa shape index (κ3) is 4.27. The summed E-state index contributed by atoms with van der Waals surface area (Å²) in [5.41, 5.74) is 9.71. The second-order valence-electron chi connectivity index (χ2n) is 6.08. The van der Waals surface area contributed by atoms with Crippen LogP contribution in [0, 0.1) is 6.92 Å². The maximum atomic E-state index is 10.9. The number of fused-ring (bicyclic) bond motifs is 1. The number of nitrogens with two attached hydrogens (primary N) is 1. The Morgan fingerprint density at radius 2 is 1.82 bits per heavy atom. The van der Waals surface area contributed by atoms with E-state index in [1.807, 2.05) is 31.2 Å². The molecule has 0 radical (unpaired) electrons. The van der Waals surface area contributed by atoms with Crippen molar-refractivity contribution in [1.29, 1.82) is 0 Å². The van der Waals surface area contributed by atoms with E-state index in [0.29, 0.717) is 32.5 Å². The molecule has 4 N–H and O–H groups in total. The van der Waals surface area contributed by atoms with Gasteiger partial charge in [-0.15, -0.1) is 0 Å². The summed E-state index contributed by atoms with van der Waals surface area (Å²) in [6.07, 6.45) is 0. The second kappa shape index (κ2) is 8.33. The molecule has 0 fully saturated rings. The highest BCUT2D eigenvalue weighted by atomic mass is 35.5. The molecule has 0 saturated heterocycles. The van der Waals surface area contributed by atoms with Gasteiger partial charge in [-0.05, 0) is 48.9 Å². The number of aromatic carboxylic acids is 1. The van der Waals surface area contributed by atoms with Crippen LogP contribution in [-0.2, 0) is 0 Å². The number of anilines is 1. The van der Waals surface area contributed by atoms with Crippen molar-refractivity contribution in [2.45, 2.75) is 6.92 Å². The van der Waals surface area contributed by atoms with Gasteiger partial charge in [-0.1, -0.05) is 47.5 Å². The van der Waals surface area contributed by atoms with Gasteiger partial charge in [0.1, 0.15) is 5.82 Å². The first-order chi connectivity index (χ1) is 13.4. The highest BCUT2D eigenvalue weighted by molar-refractivity contribution is 6.43. The van der Waals surface area contributed by atoms with Gasteiger partial charge in [-0.3, -0.25) is 0 Å². The third-order valence-corrected chi connectivity index (χ3v) is 4.94. The molecule has 4 aromatic rings. The van der Waals surface area contributed by atoms with Crippen molar-refractivity contribution in [2.75, 3.05) is 5.73 Å². The number of benzene rings is 3. The van der Waals surface area contributed by atoms with Crippen LogP contribution < -0.4 is 5.73 Å². The number of carboxylic acids is 1. The van der Waals surface area contributed by atoms with Crippen LogP contribution in [0.25, 0.3) is 22.4 Å². The third-order valence-electron chi connectivity index (χ3n) is 4.12. The maximum Gasteiger partial charge on any atom is 0.335 e. The van der Waals surface area contributed by atoms with Crippen molar-refractivity contribution in [3.63, 3.8) is 0 Å². The minimum atomic E-state index is -0.983. The molecule has 1 aromatic heterocycles. The van der Waals surface area contributed by atoms with E-state index in [4.69, 9.17) is 34.0 Å². The van der Waals surface area contributed by atoms with Gasteiger partial charge in [0.05, 0.1) is 26.6 Å². The quantitative estimate of drug-likeness (QED) is 0.361. The monoisotopic (exact) mass is 413 g/mol. The number of para-hydroxylation sites is 1. The zero-order valence-electron chi connectivity index (χ0n) is 14.9. The largest absolute Gasteiger partial charge is 0.478 e.